The largest absolute Gasteiger partial charge is 0.393 e. The average Bonchev–Trinajstić information content (AvgIpc) is 2.42. The number of anilines is 2. The van der Waals surface area contributed by atoms with Crippen LogP contribution in [-0.4, -0.2) is 10.8 Å². The number of nitrogens with two attached hydrogens (primary N) is 1. The smallest absolute Gasteiger partial charge is 0.292 e. The number of hydrogen-bond acceptors (Lipinski definition) is 4. The van der Waals surface area contributed by atoms with Crippen LogP contribution in [0.15, 0.2) is 36.4 Å². The molecule has 2 aromatic rings. The van der Waals surface area contributed by atoms with E-state index in [1.165, 1.54) is 18.2 Å². The summed E-state index contributed by atoms with van der Waals surface area (Å²) in [6.07, 6.45) is 0. The summed E-state index contributed by atoms with van der Waals surface area (Å²) in [5.41, 5.74) is 8.47. The van der Waals surface area contributed by atoms with Crippen molar-refractivity contribution in [1.82, 2.24) is 0 Å². The molecule has 2 rings (SSSR count). The molecule has 0 aliphatic carbocycles. The highest BCUT2D eigenvalue weighted by Gasteiger charge is 2.14. The van der Waals surface area contributed by atoms with Crippen LogP contribution < -0.4 is 11.1 Å². The highest BCUT2D eigenvalue weighted by atomic mass is 16.6. The van der Waals surface area contributed by atoms with Crippen LogP contribution in [0.2, 0.25) is 0 Å². The molecular formula is C15H15N3O3. The topological polar surface area (TPSA) is 98.3 Å². The number of rotatable bonds is 3. The van der Waals surface area contributed by atoms with Crippen LogP contribution in [0.1, 0.15) is 21.5 Å². The highest BCUT2D eigenvalue weighted by Crippen LogP contribution is 2.23. The van der Waals surface area contributed by atoms with Gasteiger partial charge in [0, 0.05) is 17.3 Å². The third-order valence-electron chi connectivity index (χ3n) is 3.25. The molecular weight excluding hydrogens is 270 g/mol. The van der Waals surface area contributed by atoms with E-state index >= 15 is 0 Å². The van der Waals surface area contributed by atoms with Gasteiger partial charge in [0.05, 0.1) is 4.92 Å². The number of carbonyl (C=O) groups is 1. The fourth-order valence-corrected chi connectivity index (χ4v) is 1.88. The number of benzene rings is 2. The molecule has 0 bridgehead atoms. The quantitative estimate of drug-likeness (QED) is 0.514. The fourth-order valence-electron chi connectivity index (χ4n) is 1.88. The molecule has 0 saturated heterocycles. The first kappa shape index (κ1) is 14.5. The van der Waals surface area contributed by atoms with Gasteiger partial charge in [0.15, 0.2) is 0 Å². The van der Waals surface area contributed by atoms with E-state index in [4.69, 9.17) is 5.73 Å². The van der Waals surface area contributed by atoms with Gasteiger partial charge in [-0.05, 0) is 49.2 Å². The summed E-state index contributed by atoms with van der Waals surface area (Å²) in [5.74, 6) is -0.361. The molecule has 6 nitrogen and oxygen atoms in total. The number of nitrogen functional groups attached to an aromatic ring is 1. The Morgan fingerprint density at radius 2 is 1.86 bits per heavy atom. The zero-order valence-corrected chi connectivity index (χ0v) is 11.7. The Balaban J connectivity index is 2.22. The lowest BCUT2D eigenvalue weighted by Crippen LogP contribution is -2.12. The molecule has 6 heteroatoms. The number of nitrogens with one attached hydrogen (secondary N) is 1. The molecule has 0 aromatic heterocycles. The molecule has 3 N–H and O–H groups in total. The van der Waals surface area contributed by atoms with E-state index in [-0.39, 0.29) is 22.8 Å². The number of nitro groups is 1. The predicted molar refractivity (Wildman–Crippen MR) is 81.4 cm³/mol. The van der Waals surface area contributed by atoms with Gasteiger partial charge in [-0.1, -0.05) is 6.07 Å². The van der Waals surface area contributed by atoms with Crippen LogP contribution in [0.5, 0.6) is 0 Å². The van der Waals surface area contributed by atoms with Crippen molar-refractivity contribution in [3.8, 4) is 0 Å². The van der Waals surface area contributed by atoms with Crippen molar-refractivity contribution in [2.75, 3.05) is 11.1 Å². The number of amides is 1. The minimum absolute atomic E-state index is 0.0345. The van der Waals surface area contributed by atoms with E-state index < -0.39 is 4.92 Å². The van der Waals surface area contributed by atoms with Gasteiger partial charge >= 0.3 is 0 Å². The van der Waals surface area contributed by atoms with Crippen molar-refractivity contribution < 1.29 is 9.72 Å². The second-order valence-electron chi connectivity index (χ2n) is 4.78. The molecule has 0 atom stereocenters. The van der Waals surface area contributed by atoms with E-state index in [0.29, 0.717) is 5.69 Å². The normalized spacial score (nSPS) is 10.2. The second kappa shape index (κ2) is 5.62. The Hall–Kier alpha value is -2.89. The van der Waals surface area contributed by atoms with E-state index in [9.17, 15) is 14.9 Å². The van der Waals surface area contributed by atoms with Gasteiger partial charge < -0.3 is 11.1 Å². The molecule has 0 fully saturated rings. The van der Waals surface area contributed by atoms with Gasteiger partial charge in [0.2, 0.25) is 0 Å². The first-order valence-electron chi connectivity index (χ1n) is 6.31. The highest BCUT2D eigenvalue weighted by molar-refractivity contribution is 6.05. The van der Waals surface area contributed by atoms with E-state index in [2.05, 4.69) is 5.32 Å². The van der Waals surface area contributed by atoms with Crippen molar-refractivity contribution in [3.63, 3.8) is 0 Å². The number of hydrogen-bond donors (Lipinski definition) is 2. The first-order valence-corrected chi connectivity index (χ1v) is 6.31. The van der Waals surface area contributed by atoms with Crippen LogP contribution in [0.3, 0.4) is 0 Å². The zero-order valence-electron chi connectivity index (χ0n) is 11.7. The van der Waals surface area contributed by atoms with Crippen LogP contribution >= 0.6 is 0 Å². The summed E-state index contributed by atoms with van der Waals surface area (Å²) < 4.78 is 0. The lowest BCUT2D eigenvalue weighted by molar-refractivity contribution is -0.383. The Morgan fingerprint density at radius 1 is 1.14 bits per heavy atom. The SMILES string of the molecule is Cc1ccc(NC(=O)c2ccc([N+](=O)[O-])c(N)c2)cc1C. The second-order valence-corrected chi connectivity index (χ2v) is 4.78. The summed E-state index contributed by atoms with van der Waals surface area (Å²) in [6.45, 7) is 3.94. The van der Waals surface area contributed by atoms with Crippen molar-refractivity contribution >= 4 is 23.0 Å². The Bertz CT molecular complexity index is 726. The zero-order chi connectivity index (χ0) is 15.6. The number of nitrogens with zero attached hydrogens (tertiary/aromatic N) is 1. The molecule has 1 amide bonds. The lowest BCUT2D eigenvalue weighted by Gasteiger charge is -2.08. The first-order chi connectivity index (χ1) is 9.88. The predicted octanol–water partition coefficient (Wildman–Crippen LogP) is 3.05. The number of carbonyl (C=O) groups excluding carboxylic acids is 1. The van der Waals surface area contributed by atoms with Crippen molar-refractivity contribution in [3.05, 3.63) is 63.2 Å². The Labute approximate surface area is 121 Å². The van der Waals surface area contributed by atoms with Gasteiger partial charge in [-0.3, -0.25) is 14.9 Å². The van der Waals surface area contributed by atoms with Crippen molar-refractivity contribution in [2.24, 2.45) is 0 Å². The number of nitro benzene ring substituents is 1. The van der Waals surface area contributed by atoms with E-state index in [1.807, 2.05) is 26.0 Å². The molecule has 0 unspecified atom stereocenters. The van der Waals surface area contributed by atoms with E-state index in [1.54, 1.807) is 6.07 Å². The van der Waals surface area contributed by atoms with Crippen molar-refractivity contribution in [2.45, 2.75) is 13.8 Å². The molecule has 21 heavy (non-hydrogen) atoms. The Kier molecular flexibility index (Phi) is 3.89. The number of aryl methyl sites for hydroxylation is 2. The van der Waals surface area contributed by atoms with Gasteiger partial charge in [0.25, 0.3) is 11.6 Å². The molecule has 108 valence electrons. The third kappa shape index (κ3) is 3.17. The third-order valence-corrected chi connectivity index (χ3v) is 3.25. The van der Waals surface area contributed by atoms with Crippen molar-refractivity contribution in [1.29, 1.82) is 0 Å². The maximum absolute atomic E-state index is 12.1. The molecule has 0 radical (unpaired) electrons. The maximum atomic E-state index is 12.1. The molecule has 0 saturated carbocycles. The lowest BCUT2D eigenvalue weighted by atomic mass is 10.1. The van der Waals surface area contributed by atoms with E-state index in [0.717, 1.165) is 11.1 Å². The van der Waals surface area contributed by atoms with Crippen LogP contribution in [0.4, 0.5) is 17.1 Å². The minimum Gasteiger partial charge on any atom is -0.393 e. The summed E-state index contributed by atoms with van der Waals surface area (Å²) in [5, 5.41) is 13.4. The molecule has 0 spiro atoms. The van der Waals surface area contributed by atoms with Gasteiger partial charge in [-0.15, -0.1) is 0 Å². The van der Waals surface area contributed by atoms with Gasteiger partial charge in [0.1, 0.15) is 5.69 Å². The molecule has 0 heterocycles. The van der Waals surface area contributed by atoms with Crippen LogP contribution in [-0.2, 0) is 0 Å². The molecule has 0 aliphatic rings. The molecule has 2 aromatic carbocycles. The summed E-state index contributed by atoms with van der Waals surface area (Å²) in [7, 11) is 0. The average molecular weight is 285 g/mol. The van der Waals surface area contributed by atoms with Crippen LogP contribution in [0.25, 0.3) is 0 Å². The standard InChI is InChI=1S/C15H15N3O3/c1-9-3-5-12(7-10(9)2)17-15(19)11-4-6-14(18(20)21)13(16)8-11/h3-8H,16H2,1-2H3,(H,17,19). The fraction of sp³-hybridized carbons (Fsp3) is 0.133. The summed E-state index contributed by atoms with van der Waals surface area (Å²) in [4.78, 5) is 22.2. The van der Waals surface area contributed by atoms with Gasteiger partial charge in [-0.2, -0.15) is 0 Å². The Morgan fingerprint density at radius 3 is 2.43 bits per heavy atom. The monoisotopic (exact) mass is 285 g/mol. The van der Waals surface area contributed by atoms with Gasteiger partial charge in [-0.25, -0.2) is 0 Å². The summed E-state index contributed by atoms with van der Waals surface area (Å²) in [6, 6.07) is 9.48. The minimum atomic E-state index is -0.583. The summed E-state index contributed by atoms with van der Waals surface area (Å²) >= 11 is 0. The molecule has 0 aliphatic heterocycles. The maximum Gasteiger partial charge on any atom is 0.292 e. The van der Waals surface area contributed by atoms with Crippen LogP contribution in [0, 0.1) is 24.0 Å².